The normalized spacial score (nSPS) is 14.3. The summed E-state index contributed by atoms with van der Waals surface area (Å²) in [6.07, 6.45) is 0. The Bertz CT molecular complexity index is 884. The summed E-state index contributed by atoms with van der Waals surface area (Å²) in [5.41, 5.74) is 1.61. The Morgan fingerprint density at radius 1 is 1.07 bits per heavy atom. The summed E-state index contributed by atoms with van der Waals surface area (Å²) in [4.78, 5) is 30.6. The number of benzene rings is 2. The maximum atomic E-state index is 12.6. The average molecular weight is 431 g/mol. The van der Waals surface area contributed by atoms with Crippen molar-refractivity contribution < 1.29 is 14.3 Å². The molecule has 0 spiro atoms. The summed E-state index contributed by atoms with van der Waals surface area (Å²) in [5.74, 6) is 0.487. The van der Waals surface area contributed by atoms with Crippen molar-refractivity contribution in [1.29, 1.82) is 0 Å². The van der Waals surface area contributed by atoms with Crippen molar-refractivity contribution in [3.05, 3.63) is 53.6 Å². The van der Waals surface area contributed by atoms with E-state index >= 15 is 0 Å². The summed E-state index contributed by atoms with van der Waals surface area (Å²) in [5, 5.41) is 3.20. The van der Waals surface area contributed by atoms with E-state index in [1.54, 1.807) is 38.4 Å². The molecule has 1 aliphatic rings. The lowest BCUT2D eigenvalue weighted by atomic mass is 10.2. The van der Waals surface area contributed by atoms with E-state index in [4.69, 9.17) is 16.3 Å². The van der Waals surface area contributed by atoms with Crippen LogP contribution in [0.4, 0.5) is 11.4 Å². The first kappa shape index (κ1) is 21.9. The molecule has 0 radical (unpaired) electrons. The minimum Gasteiger partial charge on any atom is -0.495 e. The number of methoxy groups -OCH3 is 1. The van der Waals surface area contributed by atoms with Gasteiger partial charge in [-0.1, -0.05) is 35.9 Å². The summed E-state index contributed by atoms with van der Waals surface area (Å²) in [6.45, 7) is 3.42. The van der Waals surface area contributed by atoms with Gasteiger partial charge in [-0.25, -0.2) is 0 Å². The largest absolute Gasteiger partial charge is 0.495 e. The molecule has 1 N–H and O–H groups in total. The highest BCUT2D eigenvalue weighted by molar-refractivity contribution is 6.33. The fourth-order valence-electron chi connectivity index (χ4n) is 3.41. The van der Waals surface area contributed by atoms with Crippen molar-refractivity contribution in [2.75, 3.05) is 63.6 Å². The Hall–Kier alpha value is -2.77. The molecular formula is C22H27ClN4O3. The van der Waals surface area contributed by atoms with Crippen molar-refractivity contribution in [3.63, 3.8) is 0 Å². The number of carbonyl (C=O) groups is 2. The second kappa shape index (κ2) is 10.3. The van der Waals surface area contributed by atoms with Crippen molar-refractivity contribution in [3.8, 4) is 5.75 Å². The Balaban J connectivity index is 1.46. The minimum absolute atomic E-state index is 0.0226. The number of rotatable bonds is 7. The fourth-order valence-corrected chi connectivity index (χ4v) is 3.59. The van der Waals surface area contributed by atoms with Gasteiger partial charge in [0.2, 0.25) is 11.8 Å². The van der Waals surface area contributed by atoms with Gasteiger partial charge < -0.3 is 19.9 Å². The van der Waals surface area contributed by atoms with Crippen LogP contribution in [-0.2, 0) is 9.59 Å². The van der Waals surface area contributed by atoms with Crippen LogP contribution in [0.2, 0.25) is 5.02 Å². The lowest BCUT2D eigenvalue weighted by molar-refractivity contribution is -0.134. The predicted molar refractivity (Wildman–Crippen MR) is 119 cm³/mol. The van der Waals surface area contributed by atoms with Crippen LogP contribution in [0.25, 0.3) is 0 Å². The van der Waals surface area contributed by atoms with Gasteiger partial charge in [-0.3, -0.25) is 14.5 Å². The maximum Gasteiger partial charge on any atom is 0.244 e. The first-order valence-corrected chi connectivity index (χ1v) is 10.2. The maximum absolute atomic E-state index is 12.6. The van der Waals surface area contributed by atoms with Crippen LogP contribution in [0.3, 0.4) is 0 Å². The van der Waals surface area contributed by atoms with E-state index in [0.717, 1.165) is 37.6 Å². The molecule has 2 aromatic carbocycles. The molecule has 2 amide bonds. The number of nitrogens with one attached hydrogen (secondary N) is 1. The zero-order valence-corrected chi connectivity index (χ0v) is 18.1. The summed E-state index contributed by atoms with van der Waals surface area (Å²) < 4.78 is 5.45. The first-order valence-electron chi connectivity index (χ1n) is 9.86. The third kappa shape index (κ3) is 5.64. The molecule has 0 aromatic heterocycles. The minimum atomic E-state index is -0.278. The van der Waals surface area contributed by atoms with E-state index in [0.29, 0.717) is 10.7 Å². The number of halogens is 1. The number of hydrogen-bond donors (Lipinski definition) is 1. The van der Waals surface area contributed by atoms with Crippen LogP contribution in [-0.4, -0.2) is 75.0 Å². The molecule has 0 bridgehead atoms. The monoisotopic (exact) mass is 430 g/mol. The standard InChI is InChI=1S/C22H27ClN4O3/c1-25(15-21(28)24-18-8-4-3-7-17(18)23)22(29)16-26-11-13-27(14-12-26)19-9-5-6-10-20(19)30-2/h3-10H,11-16H2,1-2H3,(H,24,28). The molecule has 1 saturated heterocycles. The van der Waals surface area contributed by atoms with Gasteiger partial charge in [0.25, 0.3) is 0 Å². The highest BCUT2D eigenvalue weighted by Gasteiger charge is 2.23. The number of nitrogens with zero attached hydrogens (tertiary/aromatic N) is 3. The van der Waals surface area contributed by atoms with Crippen molar-refractivity contribution >= 4 is 34.8 Å². The van der Waals surface area contributed by atoms with Gasteiger partial charge in [-0.05, 0) is 24.3 Å². The second-order valence-corrected chi connectivity index (χ2v) is 7.62. The zero-order valence-electron chi connectivity index (χ0n) is 17.3. The lowest BCUT2D eigenvalue weighted by Crippen LogP contribution is -2.50. The van der Waals surface area contributed by atoms with E-state index in [1.165, 1.54) is 4.90 Å². The molecule has 0 saturated carbocycles. The quantitative estimate of drug-likeness (QED) is 0.731. The summed E-state index contributed by atoms with van der Waals surface area (Å²) in [6, 6.07) is 15.0. The van der Waals surface area contributed by atoms with Gasteiger partial charge in [0.1, 0.15) is 5.75 Å². The van der Waals surface area contributed by atoms with Crippen LogP contribution >= 0.6 is 11.6 Å². The second-order valence-electron chi connectivity index (χ2n) is 7.21. The topological polar surface area (TPSA) is 65.1 Å². The third-order valence-electron chi connectivity index (χ3n) is 5.11. The van der Waals surface area contributed by atoms with Crippen LogP contribution in [0.1, 0.15) is 0 Å². The highest BCUT2D eigenvalue weighted by Crippen LogP contribution is 2.28. The van der Waals surface area contributed by atoms with E-state index in [1.807, 2.05) is 24.3 Å². The molecule has 8 heteroatoms. The van der Waals surface area contributed by atoms with E-state index < -0.39 is 0 Å². The van der Waals surface area contributed by atoms with Gasteiger partial charge in [0.15, 0.2) is 0 Å². The van der Waals surface area contributed by atoms with Gasteiger partial charge in [0, 0.05) is 33.2 Å². The zero-order chi connectivity index (χ0) is 21.5. The predicted octanol–water partition coefficient (Wildman–Crippen LogP) is 2.57. The molecule has 1 aliphatic heterocycles. The van der Waals surface area contributed by atoms with Gasteiger partial charge in [-0.15, -0.1) is 0 Å². The molecule has 2 aromatic rings. The summed E-state index contributed by atoms with van der Waals surface area (Å²) in [7, 11) is 3.31. The molecule has 1 heterocycles. The van der Waals surface area contributed by atoms with Gasteiger partial charge in [-0.2, -0.15) is 0 Å². The highest BCUT2D eigenvalue weighted by atomic mass is 35.5. The van der Waals surface area contributed by atoms with E-state index in [9.17, 15) is 9.59 Å². The number of para-hydroxylation sites is 3. The number of carbonyl (C=O) groups excluding carboxylic acids is 2. The van der Waals surface area contributed by atoms with Gasteiger partial charge >= 0.3 is 0 Å². The number of ether oxygens (including phenoxy) is 1. The van der Waals surface area contributed by atoms with Crippen LogP contribution in [0.15, 0.2) is 48.5 Å². The van der Waals surface area contributed by atoms with Crippen molar-refractivity contribution in [2.24, 2.45) is 0 Å². The first-order chi connectivity index (χ1) is 14.5. The van der Waals surface area contributed by atoms with Crippen LogP contribution in [0.5, 0.6) is 5.75 Å². The number of hydrogen-bond acceptors (Lipinski definition) is 5. The molecule has 0 unspecified atom stereocenters. The number of amides is 2. The van der Waals surface area contributed by atoms with Gasteiger partial charge in [0.05, 0.1) is 36.6 Å². The molecular weight excluding hydrogens is 404 g/mol. The SMILES string of the molecule is COc1ccccc1N1CCN(CC(=O)N(C)CC(=O)Nc2ccccc2Cl)CC1. The Morgan fingerprint density at radius 3 is 2.43 bits per heavy atom. The molecule has 30 heavy (non-hydrogen) atoms. The Labute approximate surface area is 182 Å². The fraction of sp³-hybridized carbons (Fsp3) is 0.364. The number of likely N-dealkylation sites (N-methyl/N-ethyl adjacent to an activating group) is 1. The van der Waals surface area contributed by atoms with Crippen molar-refractivity contribution in [1.82, 2.24) is 9.80 Å². The Kier molecular flexibility index (Phi) is 7.54. The molecule has 3 rings (SSSR count). The molecule has 160 valence electrons. The smallest absolute Gasteiger partial charge is 0.244 e. The van der Waals surface area contributed by atoms with Crippen LogP contribution in [0, 0.1) is 0 Å². The molecule has 0 aliphatic carbocycles. The molecule has 0 atom stereocenters. The third-order valence-corrected chi connectivity index (χ3v) is 5.44. The lowest BCUT2D eigenvalue weighted by Gasteiger charge is -2.36. The molecule has 1 fully saturated rings. The Morgan fingerprint density at radius 2 is 1.73 bits per heavy atom. The van der Waals surface area contributed by atoms with Crippen LogP contribution < -0.4 is 15.0 Å². The van der Waals surface area contributed by atoms with Crippen molar-refractivity contribution in [2.45, 2.75) is 0 Å². The van der Waals surface area contributed by atoms with E-state index in [-0.39, 0.29) is 24.9 Å². The number of piperazine rings is 1. The average Bonchev–Trinajstić information content (AvgIpc) is 2.75. The number of anilines is 2. The van der Waals surface area contributed by atoms with E-state index in [2.05, 4.69) is 15.1 Å². The summed E-state index contributed by atoms with van der Waals surface area (Å²) >= 11 is 6.06. The molecule has 7 nitrogen and oxygen atoms in total.